The lowest BCUT2D eigenvalue weighted by Crippen LogP contribution is -2.35. The summed E-state index contributed by atoms with van der Waals surface area (Å²) >= 11 is 0. The van der Waals surface area contributed by atoms with Crippen LogP contribution in [0.25, 0.3) is 0 Å². The van der Waals surface area contributed by atoms with Gasteiger partial charge in [-0.25, -0.2) is 4.79 Å². The van der Waals surface area contributed by atoms with Crippen LogP contribution in [0.4, 0.5) is 10.5 Å². The van der Waals surface area contributed by atoms with E-state index in [1.807, 2.05) is 18.2 Å². The molecule has 1 aliphatic heterocycles. The second kappa shape index (κ2) is 5.88. The molecule has 4 nitrogen and oxygen atoms in total. The number of hydrogen-bond donors (Lipinski definition) is 1. The molecule has 0 aromatic heterocycles. The summed E-state index contributed by atoms with van der Waals surface area (Å²) in [4.78, 5) is 25.9. The zero-order valence-corrected chi connectivity index (χ0v) is 12.5. The van der Waals surface area contributed by atoms with Crippen molar-refractivity contribution in [3.8, 4) is 0 Å². The molecule has 1 aliphatic carbocycles. The maximum absolute atomic E-state index is 12.7. The fraction of sp³-hybridized carbons (Fsp3) is 0.529. The van der Waals surface area contributed by atoms with Gasteiger partial charge in [0.05, 0.1) is 0 Å². The standard InChI is InChI=1S/C17H22N2O2/c1-19-11-14-10-13(8-9-15(14)18-17(19)21)16(20)12-6-4-2-3-5-7-12/h8-10,12H,2-7,11H2,1H3,(H,18,21). The van der Waals surface area contributed by atoms with Gasteiger partial charge in [-0.1, -0.05) is 25.7 Å². The van der Waals surface area contributed by atoms with Gasteiger partial charge in [-0.3, -0.25) is 4.79 Å². The first kappa shape index (κ1) is 14.1. The van der Waals surface area contributed by atoms with E-state index in [-0.39, 0.29) is 17.7 Å². The van der Waals surface area contributed by atoms with E-state index in [9.17, 15) is 9.59 Å². The highest BCUT2D eigenvalue weighted by atomic mass is 16.2. The number of Topliss-reactive ketones (excluding diaryl/α,β-unsaturated/α-hetero) is 1. The maximum Gasteiger partial charge on any atom is 0.321 e. The van der Waals surface area contributed by atoms with E-state index in [0.29, 0.717) is 6.54 Å². The number of carbonyl (C=O) groups excluding carboxylic acids is 2. The SMILES string of the molecule is CN1Cc2cc(C(=O)C3CCCCCC3)ccc2NC1=O. The van der Waals surface area contributed by atoms with Gasteiger partial charge in [-0.15, -0.1) is 0 Å². The number of urea groups is 1. The Labute approximate surface area is 125 Å². The maximum atomic E-state index is 12.7. The third-order valence-electron chi connectivity index (χ3n) is 4.61. The van der Waals surface area contributed by atoms with Crippen molar-refractivity contribution in [1.82, 2.24) is 4.90 Å². The second-order valence-corrected chi connectivity index (χ2v) is 6.21. The number of nitrogens with one attached hydrogen (secondary N) is 1. The fourth-order valence-corrected chi connectivity index (χ4v) is 3.31. The van der Waals surface area contributed by atoms with E-state index in [1.165, 1.54) is 25.7 Å². The lowest BCUT2D eigenvalue weighted by molar-refractivity contribution is 0.0908. The van der Waals surface area contributed by atoms with E-state index in [2.05, 4.69) is 5.32 Å². The van der Waals surface area contributed by atoms with Crippen LogP contribution in [0.1, 0.15) is 54.4 Å². The van der Waals surface area contributed by atoms with Crippen molar-refractivity contribution < 1.29 is 9.59 Å². The van der Waals surface area contributed by atoms with Gasteiger partial charge in [-0.05, 0) is 36.6 Å². The summed E-state index contributed by atoms with van der Waals surface area (Å²) in [5, 5.41) is 2.84. The zero-order valence-electron chi connectivity index (χ0n) is 12.5. The highest BCUT2D eigenvalue weighted by Crippen LogP contribution is 2.29. The van der Waals surface area contributed by atoms with Crippen LogP contribution in [-0.2, 0) is 6.54 Å². The zero-order chi connectivity index (χ0) is 14.8. The van der Waals surface area contributed by atoms with Crippen LogP contribution in [0, 0.1) is 5.92 Å². The number of nitrogens with zero attached hydrogens (tertiary/aromatic N) is 1. The van der Waals surface area contributed by atoms with Crippen molar-refractivity contribution >= 4 is 17.5 Å². The Hall–Kier alpha value is -1.84. The number of rotatable bonds is 2. The Balaban J connectivity index is 1.81. The molecule has 112 valence electrons. The summed E-state index contributed by atoms with van der Waals surface area (Å²) in [6, 6.07) is 5.59. The second-order valence-electron chi connectivity index (χ2n) is 6.21. The molecular formula is C17H22N2O2. The number of fused-ring (bicyclic) bond motifs is 1. The number of anilines is 1. The predicted octanol–water partition coefficient (Wildman–Crippen LogP) is 3.82. The normalized spacial score (nSPS) is 19.7. The Morgan fingerprint density at radius 2 is 1.90 bits per heavy atom. The van der Waals surface area contributed by atoms with Gasteiger partial charge in [0.15, 0.2) is 5.78 Å². The van der Waals surface area contributed by atoms with Crippen LogP contribution in [0.15, 0.2) is 18.2 Å². The van der Waals surface area contributed by atoms with Crippen molar-refractivity contribution in [1.29, 1.82) is 0 Å². The van der Waals surface area contributed by atoms with Crippen molar-refractivity contribution in [2.75, 3.05) is 12.4 Å². The van der Waals surface area contributed by atoms with E-state index in [0.717, 1.165) is 29.7 Å². The Morgan fingerprint density at radius 1 is 1.19 bits per heavy atom. The van der Waals surface area contributed by atoms with Crippen LogP contribution >= 0.6 is 0 Å². The van der Waals surface area contributed by atoms with E-state index >= 15 is 0 Å². The van der Waals surface area contributed by atoms with Crippen molar-refractivity contribution in [3.05, 3.63) is 29.3 Å². The molecule has 21 heavy (non-hydrogen) atoms. The Bertz CT molecular complexity index is 560. The van der Waals surface area contributed by atoms with Gasteiger partial charge in [0, 0.05) is 30.8 Å². The molecule has 3 rings (SSSR count). The summed E-state index contributed by atoms with van der Waals surface area (Å²) in [7, 11) is 1.76. The number of benzene rings is 1. The molecule has 1 fully saturated rings. The molecule has 1 aromatic rings. The predicted molar refractivity (Wildman–Crippen MR) is 82.5 cm³/mol. The van der Waals surface area contributed by atoms with Gasteiger partial charge in [0.1, 0.15) is 0 Å². The van der Waals surface area contributed by atoms with Gasteiger partial charge in [0.25, 0.3) is 0 Å². The van der Waals surface area contributed by atoms with Gasteiger partial charge >= 0.3 is 6.03 Å². The monoisotopic (exact) mass is 286 g/mol. The van der Waals surface area contributed by atoms with E-state index in [4.69, 9.17) is 0 Å². The lowest BCUT2D eigenvalue weighted by atomic mass is 9.90. The van der Waals surface area contributed by atoms with Gasteiger partial charge < -0.3 is 10.2 Å². The van der Waals surface area contributed by atoms with Gasteiger partial charge in [0.2, 0.25) is 0 Å². The minimum atomic E-state index is -0.0923. The summed E-state index contributed by atoms with van der Waals surface area (Å²) < 4.78 is 0. The van der Waals surface area contributed by atoms with Crippen LogP contribution in [0.5, 0.6) is 0 Å². The number of hydrogen-bond acceptors (Lipinski definition) is 2. The molecule has 1 aromatic carbocycles. The first-order valence-corrected chi connectivity index (χ1v) is 7.84. The fourth-order valence-electron chi connectivity index (χ4n) is 3.31. The van der Waals surface area contributed by atoms with E-state index in [1.54, 1.807) is 11.9 Å². The molecule has 1 saturated carbocycles. The summed E-state index contributed by atoms with van der Waals surface area (Å²) in [6.45, 7) is 0.562. The molecule has 2 amide bonds. The highest BCUT2D eigenvalue weighted by Gasteiger charge is 2.24. The number of ketones is 1. The summed E-state index contributed by atoms with van der Waals surface area (Å²) in [6.07, 6.45) is 6.88. The lowest BCUT2D eigenvalue weighted by Gasteiger charge is -2.26. The molecule has 0 spiro atoms. The molecule has 0 saturated heterocycles. The third kappa shape index (κ3) is 2.94. The van der Waals surface area contributed by atoms with Crippen LogP contribution in [-0.4, -0.2) is 23.8 Å². The minimum Gasteiger partial charge on any atom is -0.323 e. The first-order chi connectivity index (χ1) is 10.1. The van der Waals surface area contributed by atoms with Crippen molar-refractivity contribution in [2.24, 2.45) is 5.92 Å². The Kier molecular flexibility index (Phi) is 3.95. The summed E-state index contributed by atoms with van der Waals surface area (Å²) in [5.41, 5.74) is 2.65. The van der Waals surface area contributed by atoms with Crippen LogP contribution in [0.2, 0.25) is 0 Å². The molecule has 2 aliphatic rings. The van der Waals surface area contributed by atoms with Crippen molar-refractivity contribution in [2.45, 2.75) is 45.1 Å². The first-order valence-electron chi connectivity index (χ1n) is 7.84. The van der Waals surface area contributed by atoms with Gasteiger partial charge in [-0.2, -0.15) is 0 Å². The average molecular weight is 286 g/mol. The molecule has 0 bridgehead atoms. The highest BCUT2D eigenvalue weighted by molar-refractivity contribution is 5.99. The smallest absolute Gasteiger partial charge is 0.321 e. The van der Waals surface area contributed by atoms with Crippen LogP contribution in [0.3, 0.4) is 0 Å². The molecule has 1 heterocycles. The van der Waals surface area contributed by atoms with E-state index < -0.39 is 0 Å². The Morgan fingerprint density at radius 3 is 2.62 bits per heavy atom. The largest absolute Gasteiger partial charge is 0.323 e. The molecule has 0 radical (unpaired) electrons. The number of amides is 2. The molecule has 1 N–H and O–H groups in total. The third-order valence-corrected chi connectivity index (χ3v) is 4.61. The quantitative estimate of drug-likeness (QED) is 0.663. The number of carbonyl (C=O) groups is 2. The minimum absolute atomic E-state index is 0.0923. The topological polar surface area (TPSA) is 49.4 Å². The molecule has 0 unspecified atom stereocenters. The molecule has 4 heteroatoms. The van der Waals surface area contributed by atoms with Crippen molar-refractivity contribution in [3.63, 3.8) is 0 Å². The summed E-state index contributed by atoms with van der Waals surface area (Å²) in [5.74, 6) is 0.459. The van der Waals surface area contributed by atoms with Crippen LogP contribution < -0.4 is 5.32 Å². The molecular weight excluding hydrogens is 264 g/mol. The molecule has 0 atom stereocenters. The average Bonchev–Trinajstić information content (AvgIpc) is 2.76.